The van der Waals surface area contributed by atoms with Gasteiger partial charge >= 0.3 is 6.03 Å². The van der Waals surface area contributed by atoms with Crippen LogP contribution < -0.4 is 15.4 Å². The average Bonchev–Trinajstić information content (AvgIpc) is 3.57. The van der Waals surface area contributed by atoms with Crippen LogP contribution in [0.15, 0.2) is 41.8 Å². The first kappa shape index (κ1) is 30.7. The number of sulfonamides is 1. The van der Waals surface area contributed by atoms with E-state index in [0.29, 0.717) is 52.8 Å². The summed E-state index contributed by atoms with van der Waals surface area (Å²) in [5, 5.41) is 6.48. The van der Waals surface area contributed by atoms with Gasteiger partial charge in [0.2, 0.25) is 21.8 Å². The van der Waals surface area contributed by atoms with Crippen molar-refractivity contribution < 1.29 is 27.6 Å². The molecule has 2 saturated heterocycles. The SMILES string of the molecule is CC(=O)c1cccc(NC(=O)NC[C@H]2CCCN2C(=O)CN2CCC[C@H](NS(=O)(=O)/C=C/c3ccc(Cl)s3)C2=O)c1. The summed E-state index contributed by atoms with van der Waals surface area (Å²) in [6.45, 7) is 2.36. The number of piperidine rings is 1. The van der Waals surface area contributed by atoms with Gasteiger partial charge < -0.3 is 20.4 Å². The predicted molar refractivity (Wildman–Crippen MR) is 158 cm³/mol. The van der Waals surface area contributed by atoms with Gasteiger partial charge in [-0.05, 0) is 62.9 Å². The van der Waals surface area contributed by atoms with Gasteiger partial charge in [-0.2, -0.15) is 4.72 Å². The number of ketones is 1. The molecule has 0 aliphatic carbocycles. The number of halogens is 1. The van der Waals surface area contributed by atoms with Gasteiger partial charge in [0.1, 0.15) is 6.04 Å². The molecule has 220 valence electrons. The van der Waals surface area contributed by atoms with Gasteiger partial charge in [0.05, 0.1) is 10.9 Å². The van der Waals surface area contributed by atoms with E-state index in [-0.39, 0.29) is 30.8 Å². The van der Waals surface area contributed by atoms with Crippen LogP contribution in [0.4, 0.5) is 10.5 Å². The molecule has 0 unspecified atom stereocenters. The van der Waals surface area contributed by atoms with E-state index in [1.807, 2.05) is 0 Å². The minimum absolute atomic E-state index is 0.109. The highest BCUT2D eigenvalue weighted by molar-refractivity contribution is 7.92. The molecule has 2 fully saturated rings. The zero-order valence-corrected chi connectivity index (χ0v) is 24.9. The van der Waals surface area contributed by atoms with E-state index in [1.54, 1.807) is 41.3 Å². The van der Waals surface area contributed by atoms with Gasteiger partial charge in [0.15, 0.2) is 5.78 Å². The highest BCUT2D eigenvalue weighted by atomic mass is 35.5. The van der Waals surface area contributed by atoms with Crippen LogP contribution in [0.1, 0.15) is 47.8 Å². The highest BCUT2D eigenvalue weighted by Crippen LogP contribution is 2.23. The molecule has 2 aliphatic rings. The molecule has 4 amide bonds. The predicted octanol–water partition coefficient (Wildman–Crippen LogP) is 3.30. The molecule has 2 aliphatic heterocycles. The van der Waals surface area contributed by atoms with Crippen LogP contribution in [-0.2, 0) is 19.6 Å². The van der Waals surface area contributed by atoms with E-state index >= 15 is 0 Å². The molecule has 11 nitrogen and oxygen atoms in total. The molecule has 3 heterocycles. The van der Waals surface area contributed by atoms with Crippen LogP contribution >= 0.6 is 22.9 Å². The van der Waals surface area contributed by atoms with Crippen molar-refractivity contribution in [1.82, 2.24) is 19.8 Å². The van der Waals surface area contributed by atoms with E-state index in [1.165, 1.54) is 29.2 Å². The summed E-state index contributed by atoms with van der Waals surface area (Å²) in [7, 11) is -3.90. The fourth-order valence-corrected chi connectivity index (χ4v) is 6.92. The molecular weight excluding hydrogens is 590 g/mol. The molecule has 41 heavy (non-hydrogen) atoms. The van der Waals surface area contributed by atoms with E-state index in [2.05, 4.69) is 15.4 Å². The third kappa shape index (κ3) is 8.62. The Kier molecular flexibility index (Phi) is 10.2. The summed E-state index contributed by atoms with van der Waals surface area (Å²) >= 11 is 7.11. The number of amides is 4. The monoisotopic (exact) mass is 621 g/mol. The van der Waals surface area contributed by atoms with E-state index in [9.17, 15) is 27.6 Å². The molecule has 2 atom stereocenters. The Hall–Kier alpha value is -3.26. The summed E-state index contributed by atoms with van der Waals surface area (Å²) in [5.74, 6) is -0.807. The number of thiophene rings is 1. The van der Waals surface area contributed by atoms with E-state index < -0.39 is 28.0 Å². The van der Waals surface area contributed by atoms with Crippen molar-refractivity contribution in [3.8, 4) is 0 Å². The number of Topliss-reactive ketones (excluding diaryl/α,β-unsaturated/α-hetero) is 1. The maximum absolute atomic E-state index is 13.2. The Morgan fingerprint density at radius 1 is 1.12 bits per heavy atom. The summed E-state index contributed by atoms with van der Waals surface area (Å²) < 4.78 is 28.1. The van der Waals surface area contributed by atoms with Crippen LogP contribution in [0, 0.1) is 0 Å². The number of benzene rings is 1. The average molecular weight is 622 g/mol. The Labute approximate surface area is 248 Å². The smallest absolute Gasteiger partial charge is 0.319 e. The third-order valence-electron chi connectivity index (χ3n) is 6.89. The number of carbonyl (C=O) groups excluding carboxylic acids is 4. The second-order valence-corrected chi connectivity index (χ2v) is 13.3. The first-order valence-electron chi connectivity index (χ1n) is 13.2. The molecule has 0 spiro atoms. The number of hydrogen-bond donors (Lipinski definition) is 3. The molecular formula is C27H32ClN5O6S2. The summed E-state index contributed by atoms with van der Waals surface area (Å²) in [5.41, 5.74) is 0.965. The van der Waals surface area contributed by atoms with Gasteiger partial charge in [0.25, 0.3) is 0 Å². The van der Waals surface area contributed by atoms with Crippen molar-refractivity contribution in [3.05, 3.63) is 56.6 Å². The van der Waals surface area contributed by atoms with Gasteiger partial charge in [0, 0.05) is 47.2 Å². The van der Waals surface area contributed by atoms with Crippen LogP contribution in [0.3, 0.4) is 0 Å². The topological polar surface area (TPSA) is 145 Å². The molecule has 0 bridgehead atoms. The van der Waals surface area contributed by atoms with Gasteiger partial charge in [-0.3, -0.25) is 14.4 Å². The fraction of sp³-hybridized carbons (Fsp3) is 0.407. The lowest BCUT2D eigenvalue weighted by Crippen LogP contribution is -2.55. The van der Waals surface area contributed by atoms with Crippen molar-refractivity contribution in [3.63, 3.8) is 0 Å². The molecule has 14 heteroatoms. The molecule has 0 saturated carbocycles. The lowest BCUT2D eigenvalue weighted by Gasteiger charge is -2.34. The first-order chi connectivity index (χ1) is 19.5. The second kappa shape index (κ2) is 13.6. The number of likely N-dealkylation sites (tertiary alicyclic amines) is 2. The quantitative estimate of drug-likeness (QED) is 0.347. The normalized spacial score (nSPS) is 19.5. The summed E-state index contributed by atoms with van der Waals surface area (Å²) in [6, 6.07) is 8.32. The van der Waals surface area contributed by atoms with Crippen LogP contribution in [0.5, 0.6) is 0 Å². The number of rotatable bonds is 10. The molecule has 1 aromatic carbocycles. The Morgan fingerprint density at radius 2 is 1.90 bits per heavy atom. The van der Waals surface area contributed by atoms with E-state index in [0.717, 1.165) is 11.8 Å². The maximum Gasteiger partial charge on any atom is 0.319 e. The van der Waals surface area contributed by atoms with Crippen molar-refractivity contribution in [2.75, 3.05) is 31.5 Å². The fourth-order valence-electron chi connectivity index (χ4n) is 4.85. The molecule has 1 aromatic heterocycles. The first-order valence-corrected chi connectivity index (χ1v) is 15.9. The maximum atomic E-state index is 13.2. The summed E-state index contributed by atoms with van der Waals surface area (Å²) in [4.78, 5) is 54.0. The number of urea groups is 1. The second-order valence-electron chi connectivity index (χ2n) is 9.92. The lowest BCUT2D eigenvalue weighted by atomic mass is 10.1. The molecule has 4 rings (SSSR count). The molecule has 3 N–H and O–H groups in total. The zero-order valence-electron chi connectivity index (χ0n) is 22.5. The largest absolute Gasteiger partial charge is 0.336 e. The van der Waals surface area contributed by atoms with Crippen molar-refractivity contribution in [1.29, 1.82) is 0 Å². The standard InChI is InChI=1S/C27H32ClN5O6S2/c1-18(34)19-5-2-6-20(15-19)30-27(37)29-16-21-7-3-13-33(21)25(35)17-32-12-4-8-23(26(32)36)31-41(38,39)14-11-22-9-10-24(28)40-22/h2,5-6,9-11,14-15,21,23,31H,3-4,7-8,12-13,16-17H2,1H3,(H2,29,30,37)/b14-11+/t21-,23+/m1/s1. The number of nitrogens with zero attached hydrogens (tertiary/aromatic N) is 2. The van der Waals surface area contributed by atoms with E-state index in [4.69, 9.17) is 11.6 Å². The van der Waals surface area contributed by atoms with Crippen LogP contribution in [-0.4, -0.2) is 80.1 Å². The lowest BCUT2D eigenvalue weighted by molar-refractivity contribution is -0.143. The number of nitrogens with one attached hydrogen (secondary N) is 3. The van der Waals surface area contributed by atoms with Crippen LogP contribution in [0.25, 0.3) is 6.08 Å². The van der Waals surface area contributed by atoms with Gasteiger partial charge in [-0.15, -0.1) is 11.3 Å². The third-order valence-corrected chi connectivity index (χ3v) is 9.20. The zero-order chi connectivity index (χ0) is 29.6. The van der Waals surface area contributed by atoms with Crippen molar-refractivity contribution >= 4 is 68.4 Å². The minimum atomic E-state index is -3.90. The molecule has 0 radical (unpaired) electrons. The Morgan fingerprint density at radius 3 is 2.63 bits per heavy atom. The number of hydrogen-bond acceptors (Lipinski definition) is 7. The number of carbonyl (C=O) groups is 4. The number of anilines is 1. The van der Waals surface area contributed by atoms with Crippen molar-refractivity contribution in [2.24, 2.45) is 0 Å². The summed E-state index contributed by atoms with van der Waals surface area (Å²) in [6.07, 6.45) is 3.76. The minimum Gasteiger partial charge on any atom is -0.336 e. The Bertz CT molecular complexity index is 1440. The van der Waals surface area contributed by atoms with Crippen molar-refractivity contribution in [2.45, 2.75) is 44.7 Å². The Balaban J connectivity index is 1.28. The van der Waals surface area contributed by atoms with Crippen LogP contribution in [0.2, 0.25) is 4.34 Å². The van der Waals surface area contributed by atoms with Gasteiger partial charge in [-0.1, -0.05) is 23.7 Å². The van der Waals surface area contributed by atoms with Gasteiger partial charge in [-0.25, -0.2) is 13.2 Å². The highest BCUT2D eigenvalue weighted by Gasteiger charge is 2.35. The molecule has 2 aromatic rings.